The minimum atomic E-state index is 0.441. The van der Waals surface area contributed by atoms with E-state index in [0.29, 0.717) is 6.61 Å². The molecule has 1 aliphatic rings. The van der Waals surface area contributed by atoms with Crippen molar-refractivity contribution in [2.75, 3.05) is 57.6 Å². The first-order valence-corrected chi connectivity index (χ1v) is 6.21. The number of methoxy groups -OCH3 is 1. The molecule has 1 saturated heterocycles. The van der Waals surface area contributed by atoms with E-state index >= 15 is 0 Å². The first kappa shape index (κ1) is 13.0. The monoisotopic (exact) mass is 251 g/mol. The van der Waals surface area contributed by atoms with Crippen LogP contribution in [0.25, 0.3) is 0 Å². The highest BCUT2D eigenvalue weighted by Crippen LogP contribution is 2.17. The van der Waals surface area contributed by atoms with Crippen LogP contribution in [0.3, 0.4) is 0 Å². The third-order valence-corrected chi connectivity index (χ3v) is 3.12. The quantitative estimate of drug-likeness (QED) is 0.837. The molecule has 1 aliphatic heterocycles. The second-order valence-electron chi connectivity index (χ2n) is 4.50. The van der Waals surface area contributed by atoms with Gasteiger partial charge in [-0.2, -0.15) is 0 Å². The molecule has 0 radical (unpaired) electrons. The van der Waals surface area contributed by atoms with Crippen LogP contribution in [0.4, 0.5) is 11.6 Å². The lowest BCUT2D eigenvalue weighted by Gasteiger charge is -2.33. The fourth-order valence-electron chi connectivity index (χ4n) is 2.00. The van der Waals surface area contributed by atoms with Gasteiger partial charge in [-0.1, -0.05) is 0 Å². The van der Waals surface area contributed by atoms with Gasteiger partial charge in [0.1, 0.15) is 18.2 Å². The summed E-state index contributed by atoms with van der Waals surface area (Å²) in [5, 5.41) is 3.07. The third-order valence-electron chi connectivity index (χ3n) is 3.12. The van der Waals surface area contributed by atoms with Crippen molar-refractivity contribution < 1.29 is 4.74 Å². The average molecular weight is 251 g/mol. The second-order valence-corrected chi connectivity index (χ2v) is 4.50. The first-order chi connectivity index (χ1) is 8.72. The Hall–Kier alpha value is -1.40. The zero-order valence-electron chi connectivity index (χ0n) is 11.3. The SMILES string of the molecule is CNc1cc(N2CCN(C)CC2)nc(COC)n1. The number of nitrogens with zero attached hydrogens (tertiary/aromatic N) is 4. The van der Waals surface area contributed by atoms with Crippen molar-refractivity contribution in [1.82, 2.24) is 14.9 Å². The molecule has 2 heterocycles. The van der Waals surface area contributed by atoms with Gasteiger partial charge >= 0.3 is 0 Å². The number of anilines is 2. The molecule has 2 rings (SSSR count). The lowest BCUT2D eigenvalue weighted by molar-refractivity contribution is 0.178. The minimum Gasteiger partial charge on any atom is -0.377 e. The lowest BCUT2D eigenvalue weighted by Crippen LogP contribution is -2.44. The average Bonchev–Trinajstić information content (AvgIpc) is 2.39. The highest BCUT2D eigenvalue weighted by Gasteiger charge is 2.16. The Kier molecular flexibility index (Phi) is 4.33. The van der Waals surface area contributed by atoms with Gasteiger partial charge in [-0.25, -0.2) is 9.97 Å². The van der Waals surface area contributed by atoms with Crippen molar-refractivity contribution in [3.05, 3.63) is 11.9 Å². The molecular formula is C12H21N5O. The Bertz CT molecular complexity index is 390. The molecule has 1 aromatic rings. The standard InChI is InChI=1S/C12H21N5O/c1-13-10-8-12(15-11(14-10)9-18-3)17-6-4-16(2)5-7-17/h8H,4-7,9H2,1-3H3,(H,13,14,15). The second kappa shape index (κ2) is 5.97. The predicted molar refractivity (Wildman–Crippen MR) is 72.0 cm³/mol. The predicted octanol–water partition coefficient (Wildman–Crippen LogP) is 0.416. The summed E-state index contributed by atoms with van der Waals surface area (Å²) in [4.78, 5) is 13.5. The number of ether oxygens (including phenoxy) is 1. The van der Waals surface area contributed by atoms with Crippen molar-refractivity contribution >= 4 is 11.6 Å². The molecule has 0 spiro atoms. The molecule has 6 nitrogen and oxygen atoms in total. The van der Waals surface area contributed by atoms with E-state index in [1.54, 1.807) is 7.11 Å². The third kappa shape index (κ3) is 3.08. The number of hydrogen-bond donors (Lipinski definition) is 1. The molecule has 0 saturated carbocycles. The van der Waals surface area contributed by atoms with Gasteiger partial charge in [0.15, 0.2) is 5.82 Å². The van der Waals surface area contributed by atoms with Gasteiger partial charge < -0.3 is 19.9 Å². The summed E-state index contributed by atoms with van der Waals surface area (Å²) in [5.74, 6) is 2.54. The van der Waals surface area contributed by atoms with Crippen LogP contribution in [0.15, 0.2) is 6.07 Å². The Labute approximate surface area is 108 Å². The van der Waals surface area contributed by atoms with Gasteiger partial charge in [0.05, 0.1) is 0 Å². The Morgan fingerprint density at radius 1 is 1.28 bits per heavy atom. The number of rotatable bonds is 4. The molecule has 0 amide bonds. The highest BCUT2D eigenvalue weighted by molar-refractivity contribution is 5.49. The van der Waals surface area contributed by atoms with Crippen LogP contribution < -0.4 is 10.2 Å². The van der Waals surface area contributed by atoms with E-state index in [0.717, 1.165) is 43.6 Å². The normalized spacial score (nSPS) is 16.9. The van der Waals surface area contributed by atoms with Crippen LogP contribution in [0, 0.1) is 0 Å². The molecule has 1 fully saturated rings. The Morgan fingerprint density at radius 3 is 2.61 bits per heavy atom. The summed E-state index contributed by atoms with van der Waals surface area (Å²) in [6.45, 7) is 4.58. The summed E-state index contributed by atoms with van der Waals surface area (Å²) >= 11 is 0. The summed E-state index contributed by atoms with van der Waals surface area (Å²) in [6, 6.07) is 1.99. The molecule has 1 aromatic heterocycles. The van der Waals surface area contributed by atoms with E-state index in [9.17, 15) is 0 Å². The molecule has 1 N–H and O–H groups in total. The van der Waals surface area contributed by atoms with Crippen molar-refractivity contribution in [2.24, 2.45) is 0 Å². The van der Waals surface area contributed by atoms with Gasteiger partial charge in [0.2, 0.25) is 0 Å². The molecule has 18 heavy (non-hydrogen) atoms. The Balaban J connectivity index is 2.17. The van der Waals surface area contributed by atoms with Gasteiger partial charge in [-0.05, 0) is 7.05 Å². The summed E-state index contributed by atoms with van der Waals surface area (Å²) in [7, 11) is 5.67. The fraction of sp³-hybridized carbons (Fsp3) is 0.667. The molecule has 0 atom stereocenters. The maximum atomic E-state index is 5.11. The zero-order valence-corrected chi connectivity index (χ0v) is 11.3. The van der Waals surface area contributed by atoms with Crippen molar-refractivity contribution in [2.45, 2.75) is 6.61 Å². The zero-order chi connectivity index (χ0) is 13.0. The number of nitrogens with one attached hydrogen (secondary N) is 1. The maximum Gasteiger partial charge on any atom is 0.158 e. The van der Waals surface area contributed by atoms with Crippen LogP contribution in [-0.2, 0) is 11.3 Å². The molecule has 0 aromatic carbocycles. The van der Waals surface area contributed by atoms with Crippen molar-refractivity contribution in [3.8, 4) is 0 Å². The van der Waals surface area contributed by atoms with Crippen LogP contribution in [0.5, 0.6) is 0 Å². The van der Waals surface area contributed by atoms with E-state index in [-0.39, 0.29) is 0 Å². The number of piperazine rings is 1. The Morgan fingerprint density at radius 2 is 2.00 bits per heavy atom. The van der Waals surface area contributed by atoms with Gasteiger partial charge in [0.25, 0.3) is 0 Å². The first-order valence-electron chi connectivity index (χ1n) is 6.21. The maximum absolute atomic E-state index is 5.11. The summed E-state index contributed by atoms with van der Waals surface area (Å²) in [5.41, 5.74) is 0. The van der Waals surface area contributed by atoms with Crippen LogP contribution in [-0.4, -0.2) is 62.3 Å². The van der Waals surface area contributed by atoms with E-state index in [4.69, 9.17) is 4.74 Å². The van der Waals surface area contributed by atoms with E-state index in [1.165, 1.54) is 0 Å². The fourth-order valence-corrected chi connectivity index (χ4v) is 2.00. The van der Waals surface area contributed by atoms with E-state index < -0.39 is 0 Å². The van der Waals surface area contributed by atoms with Crippen LogP contribution in [0.2, 0.25) is 0 Å². The highest BCUT2D eigenvalue weighted by atomic mass is 16.5. The minimum absolute atomic E-state index is 0.441. The lowest BCUT2D eigenvalue weighted by atomic mass is 10.3. The van der Waals surface area contributed by atoms with Crippen LogP contribution >= 0.6 is 0 Å². The number of likely N-dealkylation sites (N-methyl/N-ethyl adjacent to an activating group) is 1. The van der Waals surface area contributed by atoms with Gasteiger partial charge in [0, 0.05) is 46.4 Å². The van der Waals surface area contributed by atoms with Gasteiger partial charge in [-0.3, -0.25) is 0 Å². The molecule has 0 bridgehead atoms. The molecule has 0 unspecified atom stereocenters. The molecule has 100 valence electrons. The van der Waals surface area contributed by atoms with Crippen molar-refractivity contribution in [3.63, 3.8) is 0 Å². The van der Waals surface area contributed by atoms with Gasteiger partial charge in [-0.15, -0.1) is 0 Å². The summed E-state index contributed by atoms with van der Waals surface area (Å²) < 4.78 is 5.11. The smallest absolute Gasteiger partial charge is 0.158 e. The van der Waals surface area contributed by atoms with E-state index in [1.807, 2.05) is 13.1 Å². The topological polar surface area (TPSA) is 53.5 Å². The largest absolute Gasteiger partial charge is 0.377 e. The number of hydrogen-bond acceptors (Lipinski definition) is 6. The van der Waals surface area contributed by atoms with E-state index in [2.05, 4.69) is 32.1 Å². The number of aromatic nitrogens is 2. The summed E-state index contributed by atoms with van der Waals surface area (Å²) in [6.07, 6.45) is 0. The molecular weight excluding hydrogens is 230 g/mol. The molecule has 6 heteroatoms. The van der Waals surface area contributed by atoms with Crippen molar-refractivity contribution in [1.29, 1.82) is 0 Å². The molecule has 0 aliphatic carbocycles. The van der Waals surface area contributed by atoms with Crippen LogP contribution in [0.1, 0.15) is 5.82 Å².